The lowest BCUT2D eigenvalue weighted by Gasteiger charge is -2.20. The minimum atomic E-state index is 0.218. The van der Waals surface area contributed by atoms with Gasteiger partial charge < -0.3 is 4.74 Å². The summed E-state index contributed by atoms with van der Waals surface area (Å²) in [5.74, 6) is 1.00. The number of aryl methyl sites for hydroxylation is 1. The molecule has 0 unspecified atom stereocenters. The van der Waals surface area contributed by atoms with Crippen LogP contribution >= 0.6 is 0 Å². The maximum atomic E-state index is 5.50. The summed E-state index contributed by atoms with van der Waals surface area (Å²) < 4.78 is 5.50. The van der Waals surface area contributed by atoms with Gasteiger partial charge in [0.15, 0.2) is 0 Å². The molecule has 0 bridgehead atoms. The van der Waals surface area contributed by atoms with Crippen LogP contribution in [-0.4, -0.2) is 6.61 Å². The Balaban J connectivity index is 3.01. The van der Waals surface area contributed by atoms with Crippen molar-refractivity contribution in [3.05, 3.63) is 29.3 Å². The second-order valence-electron chi connectivity index (χ2n) is 4.66. The molecular formula is C13H20O. The molecule has 14 heavy (non-hydrogen) atoms. The zero-order valence-corrected chi connectivity index (χ0v) is 9.85. The van der Waals surface area contributed by atoms with Crippen LogP contribution in [0.2, 0.25) is 0 Å². The first-order valence-corrected chi connectivity index (χ1v) is 5.19. The highest BCUT2D eigenvalue weighted by Gasteiger charge is 2.14. The van der Waals surface area contributed by atoms with Crippen LogP contribution in [0.1, 0.15) is 38.8 Å². The molecule has 0 aliphatic carbocycles. The molecule has 0 spiro atoms. The van der Waals surface area contributed by atoms with Gasteiger partial charge in [-0.15, -0.1) is 0 Å². The average molecular weight is 192 g/mol. The molecule has 0 radical (unpaired) electrons. The number of ether oxygens (including phenoxy) is 1. The molecule has 1 heteroatoms. The van der Waals surface area contributed by atoms with Crippen molar-refractivity contribution >= 4 is 0 Å². The first kappa shape index (κ1) is 11.1. The van der Waals surface area contributed by atoms with E-state index in [1.165, 1.54) is 11.1 Å². The Morgan fingerprint density at radius 2 is 1.86 bits per heavy atom. The Kier molecular flexibility index (Phi) is 3.20. The van der Waals surface area contributed by atoms with Gasteiger partial charge in [-0.25, -0.2) is 0 Å². The topological polar surface area (TPSA) is 9.23 Å². The molecule has 0 atom stereocenters. The van der Waals surface area contributed by atoms with Gasteiger partial charge in [0.05, 0.1) is 6.61 Å². The van der Waals surface area contributed by atoms with Crippen LogP contribution in [0.25, 0.3) is 0 Å². The molecule has 0 heterocycles. The van der Waals surface area contributed by atoms with Crippen LogP contribution in [0.5, 0.6) is 5.75 Å². The summed E-state index contributed by atoms with van der Waals surface area (Å²) >= 11 is 0. The molecule has 0 saturated carbocycles. The van der Waals surface area contributed by atoms with Crippen molar-refractivity contribution in [3.8, 4) is 5.75 Å². The smallest absolute Gasteiger partial charge is 0.122 e. The lowest BCUT2D eigenvalue weighted by molar-refractivity contribution is 0.337. The summed E-state index contributed by atoms with van der Waals surface area (Å²) in [7, 11) is 0. The third-order valence-corrected chi connectivity index (χ3v) is 2.34. The third kappa shape index (κ3) is 2.50. The number of rotatable bonds is 2. The molecule has 1 aromatic rings. The number of hydrogen-bond acceptors (Lipinski definition) is 1. The van der Waals surface area contributed by atoms with Crippen LogP contribution in [0.4, 0.5) is 0 Å². The fraction of sp³-hybridized carbons (Fsp3) is 0.538. The van der Waals surface area contributed by atoms with Crippen LogP contribution in [0.3, 0.4) is 0 Å². The van der Waals surface area contributed by atoms with Gasteiger partial charge in [-0.05, 0) is 36.5 Å². The van der Waals surface area contributed by atoms with E-state index in [2.05, 4.69) is 45.9 Å². The summed E-state index contributed by atoms with van der Waals surface area (Å²) in [6.45, 7) is 11.5. The molecular weight excluding hydrogens is 172 g/mol. The van der Waals surface area contributed by atoms with Gasteiger partial charge in [0.2, 0.25) is 0 Å². The van der Waals surface area contributed by atoms with Crippen molar-refractivity contribution < 1.29 is 4.74 Å². The Bertz CT molecular complexity index is 308. The van der Waals surface area contributed by atoms with Gasteiger partial charge in [-0.2, -0.15) is 0 Å². The quantitative estimate of drug-likeness (QED) is 0.694. The van der Waals surface area contributed by atoms with E-state index in [9.17, 15) is 0 Å². The van der Waals surface area contributed by atoms with Crippen LogP contribution in [0, 0.1) is 6.92 Å². The van der Waals surface area contributed by atoms with Crippen molar-refractivity contribution in [1.29, 1.82) is 0 Å². The second-order valence-corrected chi connectivity index (χ2v) is 4.66. The molecule has 1 nitrogen and oxygen atoms in total. The molecule has 78 valence electrons. The lowest BCUT2D eigenvalue weighted by atomic mass is 9.86. The van der Waals surface area contributed by atoms with E-state index in [4.69, 9.17) is 4.74 Å². The van der Waals surface area contributed by atoms with Crippen LogP contribution in [-0.2, 0) is 5.41 Å². The Morgan fingerprint density at radius 3 is 2.29 bits per heavy atom. The van der Waals surface area contributed by atoms with Crippen molar-refractivity contribution in [2.75, 3.05) is 6.61 Å². The van der Waals surface area contributed by atoms with Gasteiger partial charge >= 0.3 is 0 Å². The molecule has 0 amide bonds. The average Bonchev–Trinajstić information content (AvgIpc) is 2.07. The summed E-state index contributed by atoms with van der Waals surface area (Å²) in [5.41, 5.74) is 2.80. The summed E-state index contributed by atoms with van der Waals surface area (Å²) in [4.78, 5) is 0. The molecule has 0 fully saturated rings. The summed E-state index contributed by atoms with van der Waals surface area (Å²) in [5, 5.41) is 0. The van der Waals surface area contributed by atoms with E-state index in [0.717, 1.165) is 12.4 Å². The third-order valence-electron chi connectivity index (χ3n) is 2.34. The highest BCUT2D eigenvalue weighted by Crippen LogP contribution is 2.27. The van der Waals surface area contributed by atoms with Crippen LogP contribution in [0.15, 0.2) is 18.2 Å². The van der Waals surface area contributed by atoms with Gasteiger partial charge in [-0.3, -0.25) is 0 Å². The minimum Gasteiger partial charge on any atom is -0.494 e. The van der Waals surface area contributed by atoms with E-state index in [0.29, 0.717) is 0 Å². The van der Waals surface area contributed by atoms with E-state index in [-0.39, 0.29) is 5.41 Å². The first-order valence-electron chi connectivity index (χ1n) is 5.19. The Hall–Kier alpha value is -0.980. The molecule has 0 N–H and O–H groups in total. The van der Waals surface area contributed by atoms with Gasteiger partial charge in [-0.1, -0.05) is 32.9 Å². The highest BCUT2D eigenvalue weighted by molar-refractivity contribution is 5.38. The van der Waals surface area contributed by atoms with E-state index in [1.54, 1.807) is 0 Å². The fourth-order valence-electron chi connectivity index (χ4n) is 1.43. The Labute approximate surface area is 87.1 Å². The normalized spacial score (nSPS) is 11.5. The fourth-order valence-corrected chi connectivity index (χ4v) is 1.43. The maximum absolute atomic E-state index is 5.50. The van der Waals surface area contributed by atoms with Crippen molar-refractivity contribution in [3.63, 3.8) is 0 Å². The molecule has 0 aromatic heterocycles. The molecule has 1 aromatic carbocycles. The maximum Gasteiger partial charge on any atom is 0.122 e. The SMILES string of the molecule is CCOc1ccc(C(C)(C)C)cc1C. The van der Waals surface area contributed by atoms with Crippen molar-refractivity contribution in [1.82, 2.24) is 0 Å². The number of hydrogen-bond donors (Lipinski definition) is 0. The summed E-state index contributed by atoms with van der Waals surface area (Å²) in [6.07, 6.45) is 0. The van der Waals surface area contributed by atoms with E-state index >= 15 is 0 Å². The molecule has 0 saturated heterocycles. The minimum absolute atomic E-state index is 0.218. The van der Waals surface area contributed by atoms with Gasteiger partial charge in [0, 0.05) is 0 Å². The van der Waals surface area contributed by atoms with Crippen LogP contribution < -0.4 is 4.74 Å². The predicted molar refractivity (Wildman–Crippen MR) is 61.0 cm³/mol. The molecule has 0 aliphatic heterocycles. The largest absolute Gasteiger partial charge is 0.494 e. The van der Waals surface area contributed by atoms with Crippen molar-refractivity contribution in [2.24, 2.45) is 0 Å². The van der Waals surface area contributed by atoms with E-state index in [1.807, 2.05) is 6.92 Å². The van der Waals surface area contributed by atoms with E-state index < -0.39 is 0 Å². The highest BCUT2D eigenvalue weighted by atomic mass is 16.5. The zero-order chi connectivity index (χ0) is 10.8. The molecule has 1 rings (SSSR count). The van der Waals surface area contributed by atoms with Gasteiger partial charge in [0.25, 0.3) is 0 Å². The second kappa shape index (κ2) is 4.04. The molecule has 0 aliphatic rings. The Morgan fingerprint density at radius 1 is 1.21 bits per heavy atom. The summed E-state index contributed by atoms with van der Waals surface area (Å²) in [6, 6.07) is 6.43. The standard InChI is InChI=1S/C13H20O/c1-6-14-12-8-7-11(9-10(12)2)13(3,4)5/h7-9H,6H2,1-5H3. The number of benzene rings is 1. The monoisotopic (exact) mass is 192 g/mol. The van der Waals surface area contributed by atoms with Gasteiger partial charge in [0.1, 0.15) is 5.75 Å². The first-order chi connectivity index (χ1) is 6.45. The lowest BCUT2D eigenvalue weighted by Crippen LogP contribution is -2.11. The zero-order valence-electron chi connectivity index (χ0n) is 9.85. The van der Waals surface area contributed by atoms with Crippen molar-refractivity contribution in [2.45, 2.75) is 40.0 Å². The predicted octanol–water partition coefficient (Wildman–Crippen LogP) is 3.69.